The SMILES string of the molecule is CCCS(=O)(=O)Nc1cc(Cl)ccc1Nc1nc(Nc2ccc(N3CCN(C)CC3)cc2)ncc1C. The summed E-state index contributed by atoms with van der Waals surface area (Å²) in [5.74, 6) is 1.00. The highest BCUT2D eigenvalue weighted by atomic mass is 35.5. The van der Waals surface area contributed by atoms with Crippen molar-refractivity contribution in [1.82, 2.24) is 14.9 Å². The Morgan fingerprint density at radius 1 is 1.00 bits per heavy atom. The van der Waals surface area contributed by atoms with Crippen molar-refractivity contribution in [2.24, 2.45) is 0 Å². The van der Waals surface area contributed by atoms with Gasteiger partial charge in [0.2, 0.25) is 16.0 Å². The molecule has 3 aromatic rings. The van der Waals surface area contributed by atoms with E-state index in [-0.39, 0.29) is 5.75 Å². The van der Waals surface area contributed by atoms with Gasteiger partial charge in [0.1, 0.15) is 5.82 Å². The number of anilines is 6. The number of rotatable bonds is 9. The summed E-state index contributed by atoms with van der Waals surface area (Å²) in [7, 11) is -1.34. The summed E-state index contributed by atoms with van der Waals surface area (Å²) in [5.41, 5.74) is 3.79. The lowest BCUT2D eigenvalue weighted by Gasteiger charge is -2.34. The number of halogens is 1. The Morgan fingerprint density at radius 3 is 2.42 bits per heavy atom. The number of likely N-dealkylation sites (N-methyl/N-ethyl adjacent to an activating group) is 1. The van der Waals surface area contributed by atoms with Crippen molar-refractivity contribution in [1.29, 1.82) is 0 Å². The molecule has 0 spiro atoms. The fraction of sp³-hybridized carbons (Fsp3) is 0.360. The number of aromatic nitrogens is 2. The first-order valence-corrected chi connectivity index (χ1v) is 14.0. The predicted molar refractivity (Wildman–Crippen MR) is 149 cm³/mol. The van der Waals surface area contributed by atoms with Gasteiger partial charge in [-0.3, -0.25) is 4.72 Å². The Kier molecular flexibility index (Phi) is 8.17. The van der Waals surface area contributed by atoms with Crippen LogP contribution in [-0.4, -0.2) is 62.3 Å². The van der Waals surface area contributed by atoms with Gasteiger partial charge in [-0.05, 0) is 62.9 Å². The zero-order valence-electron chi connectivity index (χ0n) is 20.8. The smallest absolute Gasteiger partial charge is 0.232 e. The molecule has 2 aromatic carbocycles. The van der Waals surface area contributed by atoms with E-state index in [1.807, 2.05) is 26.0 Å². The molecule has 0 aliphatic carbocycles. The average Bonchev–Trinajstić information content (AvgIpc) is 2.83. The van der Waals surface area contributed by atoms with Crippen molar-refractivity contribution in [2.75, 3.05) is 59.2 Å². The van der Waals surface area contributed by atoms with Crippen molar-refractivity contribution in [3.8, 4) is 0 Å². The number of hydrogen-bond acceptors (Lipinski definition) is 8. The van der Waals surface area contributed by atoms with Crippen molar-refractivity contribution >= 4 is 56.1 Å². The van der Waals surface area contributed by atoms with E-state index in [0.29, 0.717) is 34.6 Å². The minimum absolute atomic E-state index is 0.0210. The van der Waals surface area contributed by atoms with Crippen LogP contribution in [-0.2, 0) is 10.0 Å². The van der Waals surface area contributed by atoms with Gasteiger partial charge in [0.15, 0.2) is 0 Å². The van der Waals surface area contributed by atoms with Gasteiger partial charge in [0.05, 0.1) is 17.1 Å². The standard InChI is InChI=1S/C25H32ClN7O2S/c1-4-15-36(34,35)31-23-16-19(26)5-10-22(23)29-24-18(2)17-27-25(30-24)28-20-6-8-21(9-7-20)33-13-11-32(3)12-14-33/h5-10,16-17,31H,4,11-15H2,1-3H3,(H2,27,28,29,30). The number of hydrogen-bond donors (Lipinski definition) is 3. The Hall–Kier alpha value is -3.08. The molecule has 0 radical (unpaired) electrons. The van der Waals surface area contributed by atoms with Crippen LogP contribution in [0.15, 0.2) is 48.7 Å². The van der Waals surface area contributed by atoms with Crippen LogP contribution in [0.4, 0.5) is 34.5 Å². The molecule has 0 unspecified atom stereocenters. The van der Waals surface area contributed by atoms with E-state index < -0.39 is 10.0 Å². The van der Waals surface area contributed by atoms with Crippen molar-refractivity contribution < 1.29 is 8.42 Å². The van der Waals surface area contributed by atoms with Crippen molar-refractivity contribution in [3.05, 3.63) is 59.2 Å². The summed E-state index contributed by atoms with van der Waals surface area (Å²) < 4.78 is 27.3. The third-order valence-electron chi connectivity index (χ3n) is 5.94. The van der Waals surface area contributed by atoms with Crippen LogP contribution < -0.4 is 20.3 Å². The van der Waals surface area contributed by atoms with Crippen LogP contribution in [0.3, 0.4) is 0 Å². The predicted octanol–water partition coefficient (Wildman–Crippen LogP) is 4.83. The van der Waals surface area contributed by atoms with Gasteiger partial charge in [0.25, 0.3) is 0 Å². The fourth-order valence-electron chi connectivity index (χ4n) is 3.90. The van der Waals surface area contributed by atoms with Crippen LogP contribution in [0.1, 0.15) is 18.9 Å². The maximum atomic E-state index is 12.4. The molecule has 3 N–H and O–H groups in total. The lowest BCUT2D eigenvalue weighted by molar-refractivity contribution is 0.313. The molecule has 11 heteroatoms. The molecule has 1 aliphatic rings. The average molecular weight is 530 g/mol. The Morgan fingerprint density at radius 2 is 1.72 bits per heavy atom. The van der Waals surface area contributed by atoms with Gasteiger partial charge in [-0.1, -0.05) is 18.5 Å². The first kappa shape index (κ1) is 26.0. The summed E-state index contributed by atoms with van der Waals surface area (Å²) in [6.07, 6.45) is 2.22. The molecule has 4 rings (SSSR count). The molecule has 9 nitrogen and oxygen atoms in total. The van der Waals surface area contributed by atoms with Gasteiger partial charge >= 0.3 is 0 Å². The first-order chi connectivity index (χ1) is 17.2. The second kappa shape index (κ2) is 11.3. The zero-order valence-corrected chi connectivity index (χ0v) is 22.3. The van der Waals surface area contributed by atoms with Crippen LogP contribution in [0.2, 0.25) is 5.02 Å². The van der Waals surface area contributed by atoms with Gasteiger partial charge < -0.3 is 20.4 Å². The number of piperazine rings is 1. The highest BCUT2D eigenvalue weighted by molar-refractivity contribution is 7.92. The van der Waals surface area contributed by atoms with E-state index in [9.17, 15) is 8.42 Å². The first-order valence-electron chi connectivity index (χ1n) is 11.9. The third-order valence-corrected chi connectivity index (χ3v) is 7.65. The number of aryl methyl sites for hydroxylation is 1. The highest BCUT2D eigenvalue weighted by Gasteiger charge is 2.16. The van der Waals surface area contributed by atoms with E-state index in [1.165, 1.54) is 5.69 Å². The highest BCUT2D eigenvalue weighted by Crippen LogP contribution is 2.31. The summed E-state index contributed by atoms with van der Waals surface area (Å²) in [6.45, 7) is 7.84. The molecule has 1 aromatic heterocycles. The second-order valence-electron chi connectivity index (χ2n) is 8.92. The summed E-state index contributed by atoms with van der Waals surface area (Å²) in [6, 6.07) is 13.2. The maximum absolute atomic E-state index is 12.4. The molecule has 0 bridgehead atoms. The number of nitrogens with zero attached hydrogens (tertiary/aromatic N) is 4. The summed E-state index contributed by atoms with van der Waals surface area (Å²) in [4.78, 5) is 13.7. The zero-order chi connectivity index (χ0) is 25.7. The largest absolute Gasteiger partial charge is 0.369 e. The van der Waals surface area contributed by atoms with Crippen LogP contribution >= 0.6 is 11.6 Å². The van der Waals surface area contributed by atoms with E-state index in [4.69, 9.17) is 11.6 Å². The van der Waals surface area contributed by atoms with Crippen LogP contribution in [0.5, 0.6) is 0 Å². The van der Waals surface area contributed by atoms with Crippen LogP contribution in [0.25, 0.3) is 0 Å². The number of benzene rings is 2. The minimum atomic E-state index is -3.49. The summed E-state index contributed by atoms with van der Waals surface area (Å²) in [5, 5.41) is 6.91. The third kappa shape index (κ3) is 6.77. The molecule has 1 aliphatic heterocycles. The molecule has 0 saturated carbocycles. The Labute approximate surface area is 217 Å². The lowest BCUT2D eigenvalue weighted by atomic mass is 10.2. The summed E-state index contributed by atoms with van der Waals surface area (Å²) >= 11 is 6.14. The molecule has 0 atom stereocenters. The van der Waals surface area contributed by atoms with Crippen LogP contribution in [0, 0.1) is 6.92 Å². The van der Waals surface area contributed by atoms with E-state index in [1.54, 1.807) is 24.4 Å². The molecule has 192 valence electrons. The monoisotopic (exact) mass is 529 g/mol. The Bertz CT molecular complexity index is 1290. The van der Waals surface area contributed by atoms with Gasteiger partial charge in [0, 0.05) is 54.3 Å². The molecular formula is C25H32ClN7O2S. The second-order valence-corrected chi connectivity index (χ2v) is 11.2. The van der Waals surface area contributed by atoms with E-state index >= 15 is 0 Å². The number of nitrogens with one attached hydrogen (secondary N) is 3. The molecule has 2 heterocycles. The van der Waals surface area contributed by atoms with E-state index in [0.717, 1.165) is 37.4 Å². The normalized spacial score (nSPS) is 14.5. The maximum Gasteiger partial charge on any atom is 0.232 e. The van der Waals surface area contributed by atoms with Crippen molar-refractivity contribution in [2.45, 2.75) is 20.3 Å². The van der Waals surface area contributed by atoms with Crippen molar-refractivity contribution in [3.63, 3.8) is 0 Å². The minimum Gasteiger partial charge on any atom is -0.369 e. The topological polar surface area (TPSA) is 102 Å². The molecule has 1 saturated heterocycles. The molecular weight excluding hydrogens is 498 g/mol. The molecule has 1 fully saturated rings. The fourth-order valence-corrected chi connectivity index (χ4v) is 5.22. The quantitative estimate of drug-likeness (QED) is 0.362. The van der Waals surface area contributed by atoms with Gasteiger partial charge in [-0.2, -0.15) is 4.98 Å². The number of sulfonamides is 1. The van der Waals surface area contributed by atoms with Gasteiger partial charge in [-0.15, -0.1) is 0 Å². The lowest BCUT2D eigenvalue weighted by Crippen LogP contribution is -2.44. The van der Waals surface area contributed by atoms with Gasteiger partial charge in [-0.25, -0.2) is 13.4 Å². The molecule has 36 heavy (non-hydrogen) atoms. The van der Waals surface area contributed by atoms with E-state index in [2.05, 4.69) is 54.3 Å². The Balaban J connectivity index is 1.50. The molecule has 0 amide bonds.